The predicted octanol–water partition coefficient (Wildman–Crippen LogP) is 3.18. The van der Waals surface area contributed by atoms with Crippen LogP contribution in [0.15, 0.2) is 24.3 Å². The van der Waals surface area contributed by atoms with Gasteiger partial charge in [0, 0.05) is 15.7 Å². The highest BCUT2D eigenvalue weighted by atomic mass is 127. The third-order valence-electron chi connectivity index (χ3n) is 1.71. The summed E-state index contributed by atoms with van der Waals surface area (Å²) in [7, 11) is 0. The zero-order valence-electron chi connectivity index (χ0n) is 8.39. The first-order valence-corrected chi connectivity index (χ1v) is 5.55. The molecule has 1 aromatic rings. The molecule has 0 saturated carbocycles. The molecule has 1 rings (SSSR count). The topological polar surface area (TPSA) is 12.0 Å². The number of hydrogen-bond acceptors (Lipinski definition) is 1. The molecule has 72 valence electrons. The van der Waals surface area contributed by atoms with Crippen LogP contribution in [0.5, 0.6) is 0 Å². The van der Waals surface area contributed by atoms with Crippen molar-refractivity contribution in [3.8, 4) is 0 Å². The van der Waals surface area contributed by atoms with E-state index < -0.39 is 0 Å². The lowest BCUT2D eigenvalue weighted by Gasteiger charge is -2.20. The molecule has 0 aromatic heterocycles. The molecule has 13 heavy (non-hydrogen) atoms. The van der Waals surface area contributed by atoms with E-state index in [1.54, 1.807) is 0 Å². The summed E-state index contributed by atoms with van der Waals surface area (Å²) in [5.41, 5.74) is 1.54. The number of hydrogen-bond donors (Lipinski definition) is 1. The van der Waals surface area contributed by atoms with Crippen LogP contribution in [0, 0.1) is 3.57 Å². The van der Waals surface area contributed by atoms with Crippen LogP contribution in [-0.2, 0) is 6.54 Å². The molecule has 0 bridgehead atoms. The number of halogens is 1. The fourth-order valence-corrected chi connectivity index (χ4v) is 1.62. The Hall–Kier alpha value is -0.0900. The normalized spacial score (nSPS) is 11.7. The van der Waals surface area contributed by atoms with Gasteiger partial charge in [-0.15, -0.1) is 0 Å². The van der Waals surface area contributed by atoms with Crippen molar-refractivity contribution in [3.05, 3.63) is 33.4 Å². The Labute approximate surface area is 94.1 Å². The highest BCUT2D eigenvalue weighted by Crippen LogP contribution is 2.09. The average molecular weight is 289 g/mol. The van der Waals surface area contributed by atoms with Gasteiger partial charge in [-0.2, -0.15) is 0 Å². The Kier molecular flexibility index (Phi) is 3.74. The van der Waals surface area contributed by atoms with Crippen LogP contribution >= 0.6 is 22.6 Å². The first kappa shape index (κ1) is 11.0. The average Bonchev–Trinajstić information content (AvgIpc) is 2.00. The van der Waals surface area contributed by atoms with Gasteiger partial charge in [0.05, 0.1) is 0 Å². The van der Waals surface area contributed by atoms with Crippen LogP contribution in [0.3, 0.4) is 0 Å². The SMILES string of the molecule is CC(C)(C)NCc1cccc(I)c1. The molecule has 0 aliphatic rings. The van der Waals surface area contributed by atoms with E-state index in [4.69, 9.17) is 0 Å². The van der Waals surface area contributed by atoms with Crippen molar-refractivity contribution >= 4 is 22.6 Å². The summed E-state index contributed by atoms with van der Waals surface area (Å²) in [5.74, 6) is 0. The van der Waals surface area contributed by atoms with Gasteiger partial charge in [0.15, 0.2) is 0 Å². The molecule has 0 aliphatic heterocycles. The third-order valence-corrected chi connectivity index (χ3v) is 2.38. The Morgan fingerprint density at radius 1 is 1.31 bits per heavy atom. The first-order chi connectivity index (χ1) is 5.97. The van der Waals surface area contributed by atoms with Crippen LogP contribution in [0.1, 0.15) is 26.3 Å². The van der Waals surface area contributed by atoms with Crippen molar-refractivity contribution in [2.45, 2.75) is 32.9 Å². The molecule has 0 aliphatic carbocycles. The van der Waals surface area contributed by atoms with Gasteiger partial charge in [-0.05, 0) is 61.1 Å². The minimum absolute atomic E-state index is 0.196. The van der Waals surface area contributed by atoms with Crippen molar-refractivity contribution in [2.24, 2.45) is 0 Å². The fraction of sp³-hybridized carbons (Fsp3) is 0.455. The minimum Gasteiger partial charge on any atom is -0.308 e. The fourth-order valence-electron chi connectivity index (χ4n) is 1.01. The van der Waals surface area contributed by atoms with Gasteiger partial charge in [0.2, 0.25) is 0 Å². The molecular formula is C11H16IN. The van der Waals surface area contributed by atoms with E-state index in [1.165, 1.54) is 9.13 Å². The molecule has 0 spiro atoms. The molecule has 0 amide bonds. The van der Waals surface area contributed by atoms with Gasteiger partial charge in [-0.25, -0.2) is 0 Å². The maximum atomic E-state index is 3.46. The highest BCUT2D eigenvalue weighted by Gasteiger charge is 2.07. The molecule has 0 atom stereocenters. The lowest BCUT2D eigenvalue weighted by Crippen LogP contribution is -2.35. The largest absolute Gasteiger partial charge is 0.308 e. The Morgan fingerprint density at radius 3 is 2.54 bits per heavy atom. The lowest BCUT2D eigenvalue weighted by atomic mass is 10.1. The van der Waals surface area contributed by atoms with E-state index >= 15 is 0 Å². The summed E-state index contributed by atoms with van der Waals surface area (Å²) in [6.07, 6.45) is 0. The van der Waals surface area contributed by atoms with Gasteiger partial charge in [0.25, 0.3) is 0 Å². The lowest BCUT2D eigenvalue weighted by molar-refractivity contribution is 0.424. The smallest absolute Gasteiger partial charge is 0.0210 e. The zero-order chi connectivity index (χ0) is 9.90. The first-order valence-electron chi connectivity index (χ1n) is 4.47. The van der Waals surface area contributed by atoms with Gasteiger partial charge in [0.1, 0.15) is 0 Å². The summed E-state index contributed by atoms with van der Waals surface area (Å²) < 4.78 is 1.30. The summed E-state index contributed by atoms with van der Waals surface area (Å²) in [6.45, 7) is 7.49. The Bertz CT molecular complexity index is 276. The third kappa shape index (κ3) is 4.62. The number of benzene rings is 1. The monoisotopic (exact) mass is 289 g/mol. The van der Waals surface area contributed by atoms with Gasteiger partial charge < -0.3 is 5.32 Å². The summed E-state index contributed by atoms with van der Waals surface area (Å²) in [6, 6.07) is 8.57. The van der Waals surface area contributed by atoms with E-state index in [9.17, 15) is 0 Å². The molecule has 1 aromatic carbocycles. The van der Waals surface area contributed by atoms with Crippen LogP contribution in [0.2, 0.25) is 0 Å². The van der Waals surface area contributed by atoms with Crippen LogP contribution in [0.25, 0.3) is 0 Å². The van der Waals surface area contributed by atoms with Crippen molar-refractivity contribution in [1.29, 1.82) is 0 Å². The molecular weight excluding hydrogens is 273 g/mol. The molecule has 0 heterocycles. The van der Waals surface area contributed by atoms with E-state index in [-0.39, 0.29) is 5.54 Å². The summed E-state index contributed by atoms with van der Waals surface area (Å²) in [5, 5.41) is 3.46. The molecule has 0 radical (unpaired) electrons. The van der Waals surface area contributed by atoms with E-state index in [2.05, 4.69) is 72.9 Å². The Morgan fingerprint density at radius 2 is 2.00 bits per heavy atom. The second kappa shape index (κ2) is 4.42. The summed E-state index contributed by atoms with van der Waals surface area (Å²) in [4.78, 5) is 0. The van der Waals surface area contributed by atoms with E-state index in [0.717, 1.165) is 6.54 Å². The van der Waals surface area contributed by atoms with Crippen molar-refractivity contribution in [1.82, 2.24) is 5.32 Å². The molecule has 2 heteroatoms. The van der Waals surface area contributed by atoms with Crippen molar-refractivity contribution < 1.29 is 0 Å². The maximum absolute atomic E-state index is 3.46. The van der Waals surface area contributed by atoms with E-state index in [1.807, 2.05) is 0 Å². The molecule has 1 nitrogen and oxygen atoms in total. The van der Waals surface area contributed by atoms with Crippen LogP contribution in [0.4, 0.5) is 0 Å². The summed E-state index contributed by atoms with van der Waals surface area (Å²) >= 11 is 2.34. The maximum Gasteiger partial charge on any atom is 0.0210 e. The second-order valence-corrected chi connectivity index (χ2v) is 5.48. The number of rotatable bonds is 2. The predicted molar refractivity (Wildman–Crippen MR) is 65.8 cm³/mol. The number of nitrogens with one attached hydrogen (secondary N) is 1. The van der Waals surface area contributed by atoms with Crippen LogP contribution < -0.4 is 5.32 Å². The van der Waals surface area contributed by atoms with Gasteiger partial charge in [-0.3, -0.25) is 0 Å². The molecule has 0 saturated heterocycles. The van der Waals surface area contributed by atoms with Gasteiger partial charge in [-0.1, -0.05) is 12.1 Å². The van der Waals surface area contributed by atoms with E-state index in [0.29, 0.717) is 0 Å². The van der Waals surface area contributed by atoms with Crippen LogP contribution in [-0.4, -0.2) is 5.54 Å². The highest BCUT2D eigenvalue weighted by molar-refractivity contribution is 14.1. The Balaban J connectivity index is 2.55. The van der Waals surface area contributed by atoms with Crippen molar-refractivity contribution in [3.63, 3.8) is 0 Å². The molecule has 0 fully saturated rings. The quantitative estimate of drug-likeness (QED) is 0.825. The molecule has 0 unspecified atom stereocenters. The second-order valence-electron chi connectivity index (χ2n) is 4.23. The van der Waals surface area contributed by atoms with Gasteiger partial charge >= 0.3 is 0 Å². The minimum atomic E-state index is 0.196. The standard InChI is InChI=1S/C11H16IN/c1-11(2,3)13-8-9-5-4-6-10(12)7-9/h4-7,13H,8H2,1-3H3. The van der Waals surface area contributed by atoms with Crippen molar-refractivity contribution in [2.75, 3.05) is 0 Å². The molecule has 1 N–H and O–H groups in total. The zero-order valence-corrected chi connectivity index (χ0v) is 10.6.